The molecule has 6 heteroatoms. The first-order valence-corrected chi connectivity index (χ1v) is 6.90. The Morgan fingerprint density at radius 3 is 2.57 bits per heavy atom. The highest BCUT2D eigenvalue weighted by Gasteiger charge is 2.24. The summed E-state index contributed by atoms with van der Waals surface area (Å²) in [6.45, 7) is 3.90. The van der Waals surface area contributed by atoms with Gasteiger partial charge in [-0.1, -0.05) is 41.9 Å². The van der Waals surface area contributed by atoms with Crippen LogP contribution in [0.3, 0.4) is 0 Å². The second-order valence-electron chi connectivity index (χ2n) is 5.37. The van der Waals surface area contributed by atoms with Crippen LogP contribution in [-0.4, -0.2) is 22.4 Å². The third-order valence-corrected chi connectivity index (χ3v) is 3.30. The fraction of sp³-hybridized carbons (Fsp3) is 0.267. The molecular formula is C15H17ClN4O. The molecule has 0 radical (unpaired) electrons. The third kappa shape index (κ3) is 3.92. The van der Waals surface area contributed by atoms with E-state index >= 15 is 0 Å². The normalized spacial score (nSPS) is 11.2. The van der Waals surface area contributed by atoms with Gasteiger partial charge in [0.05, 0.1) is 5.41 Å². The molecule has 0 bridgehead atoms. The Morgan fingerprint density at radius 1 is 1.29 bits per heavy atom. The molecule has 0 saturated carbocycles. The lowest BCUT2D eigenvalue weighted by atomic mass is 9.93. The maximum Gasteiger partial charge on any atom is 0.224 e. The molecule has 0 spiro atoms. The average molecular weight is 305 g/mol. The summed E-state index contributed by atoms with van der Waals surface area (Å²) in [6.07, 6.45) is 0. The van der Waals surface area contributed by atoms with E-state index in [4.69, 9.17) is 17.3 Å². The summed E-state index contributed by atoms with van der Waals surface area (Å²) >= 11 is 6.03. The van der Waals surface area contributed by atoms with Crippen LogP contribution in [0, 0.1) is 5.41 Å². The SMILES string of the molecule is CC(C)(CNc1cc(Cl)nc(-c2ccccc2)n1)C(N)=O. The maximum absolute atomic E-state index is 11.3. The van der Waals surface area contributed by atoms with Crippen LogP contribution in [0.2, 0.25) is 5.15 Å². The highest BCUT2D eigenvalue weighted by molar-refractivity contribution is 6.29. The van der Waals surface area contributed by atoms with Gasteiger partial charge >= 0.3 is 0 Å². The quantitative estimate of drug-likeness (QED) is 0.832. The lowest BCUT2D eigenvalue weighted by Gasteiger charge is -2.21. The van der Waals surface area contributed by atoms with Crippen LogP contribution in [0.4, 0.5) is 5.82 Å². The number of carbonyl (C=O) groups is 1. The molecule has 2 aromatic rings. The first-order chi connectivity index (χ1) is 9.88. The van der Waals surface area contributed by atoms with Crippen molar-refractivity contribution in [2.45, 2.75) is 13.8 Å². The molecular weight excluding hydrogens is 288 g/mol. The number of nitrogens with zero attached hydrogens (tertiary/aromatic N) is 2. The van der Waals surface area contributed by atoms with E-state index in [1.807, 2.05) is 30.3 Å². The number of rotatable bonds is 5. The molecule has 3 N–H and O–H groups in total. The van der Waals surface area contributed by atoms with Gasteiger partial charge in [0.2, 0.25) is 5.91 Å². The Bertz CT molecular complexity index is 643. The summed E-state index contributed by atoms with van der Waals surface area (Å²) in [6, 6.07) is 11.2. The molecule has 0 saturated heterocycles. The number of benzene rings is 1. The molecule has 0 aliphatic carbocycles. The average Bonchev–Trinajstić information content (AvgIpc) is 2.45. The number of aromatic nitrogens is 2. The van der Waals surface area contributed by atoms with Crippen molar-refractivity contribution in [2.24, 2.45) is 11.1 Å². The molecule has 0 atom stereocenters. The van der Waals surface area contributed by atoms with E-state index in [2.05, 4.69) is 15.3 Å². The third-order valence-electron chi connectivity index (χ3n) is 3.11. The van der Waals surface area contributed by atoms with Crippen LogP contribution >= 0.6 is 11.6 Å². The van der Waals surface area contributed by atoms with Gasteiger partial charge in [-0.05, 0) is 13.8 Å². The summed E-state index contributed by atoms with van der Waals surface area (Å²) in [5, 5.41) is 3.42. The zero-order valence-electron chi connectivity index (χ0n) is 11.9. The van der Waals surface area contributed by atoms with Gasteiger partial charge in [0, 0.05) is 18.2 Å². The van der Waals surface area contributed by atoms with Crippen LogP contribution < -0.4 is 11.1 Å². The van der Waals surface area contributed by atoms with E-state index in [0.717, 1.165) is 5.56 Å². The van der Waals surface area contributed by atoms with E-state index in [9.17, 15) is 4.79 Å². The highest BCUT2D eigenvalue weighted by atomic mass is 35.5. The number of nitrogens with two attached hydrogens (primary N) is 1. The van der Waals surface area contributed by atoms with Gasteiger partial charge in [-0.25, -0.2) is 9.97 Å². The summed E-state index contributed by atoms with van der Waals surface area (Å²) < 4.78 is 0. The van der Waals surface area contributed by atoms with E-state index in [1.54, 1.807) is 19.9 Å². The Labute approximate surface area is 128 Å². The zero-order chi connectivity index (χ0) is 15.5. The molecule has 2 rings (SSSR count). The van der Waals surface area contributed by atoms with E-state index < -0.39 is 5.41 Å². The van der Waals surface area contributed by atoms with Crippen molar-refractivity contribution < 1.29 is 4.79 Å². The standard InChI is InChI=1S/C15H17ClN4O/c1-15(2,14(17)21)9-18-12-8-11(16)19-13(20-12)10-6-4-3-5-7-10/h3-8H,9H2,1-2H3,(H2,17,21)(H,18,19,20). The number of primary amides is 1. The Hall–Kier alpha value is -2.14. The molecule has 0 aliphatic rings. The van der Waals surface area contributed by atoms with Crippen LogP contribution in [0.5, 0.6) is 0 Å². The molecule has 5 nitrogen and oxygen atoms in total. The number of amides is 1. The second kappa shape index (κ2) is 6.10. The van der Waals surface area contributed by atoms with Crippen LogP contribution in [0.1, 0.15) is 13.8 Å². The van der Waals surface area contributed by atoms with Crippen molar-refractivity contribution in [3.05, 3.63) is 41.6 Å². The zero-order valence-corrected chi connectivity index (χ0v) is 12.7. The predicted octanol–water partition coefficient (Wildman–Crippen LogP) is 2.72. The number of nitrogens with one attached hydrogen (secondary N) is 1. The van der Waals surface area contributed by atoms with Crippen molar-refractivity contribution in [1.29, 1.82) is 0 Å². The lowest BCUT2D eigenvalue weighted by Crippen LogP contribution is -2.37. The molecule has 0 fully saturated rings. The van der Waals surface area contributed by atoms with Gasteiger partial charge in [0.15, 0.2) is 5.82 Å². The molecule has 1 aromatic carbocycles. The lowest BCUT2D eigenvalue weighted by molar-refractivity contribution is -0.125. The smallest absolute Gasteiger partial charge is 0.224 e. The van der Waals surface area contributed by atoms with Crippen molar-refractivity contribution in [2.75, 3.05) is 11.9 Å². The number of carbonyl (C=O) groups excluding carboxylic acids is 1. The Morgan fingerprint density at radius 2 is 1.95 bits per heavy atom. The van der Waals surface area contributed by atoms with Crippen molar-refractivity contribution in [3.8, 4) is 11.4 Å². The fourth-order valence-electron chi connectivity index (χ4n) is 1.62. The minimum Gasteiger partial charge on any atom is -0.369 e. The van der Waals surface area contributed by atoms with Gasteiger partial charge < -0.3 is 11.1 Å². The molecule has 0 aliphatic heterocycles. The van der Waals surface area contributed by atoms with Gasteiger partial charge in [0.25, 0.3) is 0 Å². The number of anilines is 1. The number of halogens is 1. The summed E-state index contributed by atoms with van der Waals surface area (Å²) in [5.74, 6) is 0.712. The van der Waals surface area contributed by atoms with E-state index in [1.165, 1.54) is 0 Å². The molecule has 0 unspecified atom stereocenters. The first-order valence-electron chi connectivity index (χ1n) is 6.52. The molecule has 21 heavy (non-hydrogen) atoms. The summed E-state index contributed by atoms with van der Waals surface area (Å²) in [5.41, 5.74) is 5.54. The minimum atomic E-state index is -0.676. The first kappa shape index (κ1) is 15.3. The van der Waals surface area contributed by atoms with Crippen LogP contribution in [0.15, 0.2) is 36.4 Å². The van der Waals surface area contributed by atoms with Gasteiger partial charge in [-0.3, -0.25) is 4.79 Å². The van der Waals surface area contributed by atoms with Crippen molar-refractivity contribution >= 4 is 23.3 Å². The molecule has 1 heterocycles. The van der Waals surface area contributed by atoms with Crippen molar-refractivity contribution in [1.82, 2.24) is 9.97 Å². The molecule has 110 valence electrons. The summed E-state index contributed by atoms with van der Waals surface area (Å²) in [4.78, 5) is 19.9. The molecule has 1 aromatic heterocycles. The predicted molar refractivity (Wildman–Crippen MR) is 83.9 cm³/mol. The topological polar surface area (TPSA) is 80.9 Å². The fourth-order valence-corrected chi connectivity index (χ4v) is 1.81. The van der Waals surface area contributed by atoms with Gasteiger partial charge in [-0.15, -0.1) is 0 Å². The number of hydrogen-bond donors (Lipinski definition) is 2. The highest BCUT2D eigenvalue weighted by Crippen LogP contribution is 2.21. The maximum atomic E-state index is 11.3. The Kier molecular flexibility index (Phi) is 4.43. The molecule has 1 amide bonds. The monoisotopic (exact) mass is 304 g/mol. The van der Waals surface area contributed by atoms with Gasteiger partial charge in [-0.2, -0.15) is 0 Å². The Balaban J connectivity index is 2.22. The van der Waals surface area contributed by atoms with E-state index in [-0.39, 0.29) is 5.91 Å². The minimum absolute atomic E-state index is 0.336. The number of hydrogen-bond acceptors (Lipinski definition) is 4. The summed E-state index contributed by atoms with van der Waals surface area (Å²) in [7, 11) is 0. The van der Waals surface area contributed by atoms with Crippen LogP contribution in [-0.2, 0) is 4.79 Å². The van der Waals surface area contributed by atoms with Crippen LogP contribution in [0.25, 0.3) is 11.4 Å². The van der Waals surface area contributed by atoms with Gasteiger partial charge in [0.1, 0.15) is 11.0 Å². The van der Waals surface area contributed by atoms with E-state index in [0.29, 0.717) is 23.3 Å². The second-order valence-corrected chi connectivity index (χ2v) is 5.75. The largest absolute Gasteiger partial charge is 0.369 e. The van der Waals surface area contributed by atoms with Crippen molar-refractivity contribution in [3.63, 3.8) is 0 Å².